The Morgan fingerprint density at radius 2 is 1.81 bits per heavy atom. The smallest absolute Gasteiger partial charge is 0.319 e. The molecule has 0 radical (unpaired) electrons. The number of hydrogen-bond donors (Lipinski definition) is 2. The molecule has 0 saturated carbocycles. The van der Waals surface area contributed by atoms with Crippen LogP contribution in [0.5, 0.6) is 5.75 Å². The number of carbonyl (C=O) groups is 1. The number of benzene rings is 2. The molecule has 2 amide bonds. The molecule has 26 heavy (non-hydrogen) atoms. The molecular weight excluding hydrogens is 326 g/mol. The van der Waals surface area contributed by atoms with Crippen LogP contribution < -0.4 is 20.3 Å². The number of nitrogens with zero attached hydrogens (tertiary/aromatic N) is 1. The number of anilines is 2. The second kappa shape index (κ2) is 8.61. The van der Waals surface area contributed by atoms with Gasteiger partial charge in [-0.2, -0.15) is 0 Å². The molecule has 1 saturated heterocycles. The largest absolute Gasteiger partial charge is 0.491 e. The van der Waals surface area contributed by atoms with Gasteiger partial charge in [0.25, 0.3) is 0 Å². The topological polar surface area (TPSA) is 53.6 Å². The average Bonchev–Trinajstić information content (AvgIpc) is 3.17. The SMILES string of the molecule is Cc1ccc(C)c(OCCNC(=O)Nc2ccc(N3CCCC3)cc2)c1. The van der Waals surface area contributed by atoms with Gasteiger partial charge in [0.15, 0.2) is 0 Å². The first kappa shape index (κ1) is 18.1. The molecule has 2 aromatic rings. The Bertz CT molecular complexity index is 737. The van der Waals surface area contributed by atoms with Crippen molar-refractivity contribution in [3.63, 3.8) is 0 Å². The lowest BCUT2D eigenvalue weighted by atomic mass is 10.1. The molecule has 0 bridgehead atoms. The van der Waals surface area contributed by atoms with Crippen LogP contribution in [0.2, 0.25) is 0 Å². The van der Waals surface area contributed by atoms with E-state index in [1.807, 2.05) is 38.1 Å². The average molecular weight is 353 g/mol. The number of hydrogen-bond acceptors (Lipinski definition) is 3. The minimum atomic E-state index is -0.219. The van der Waals surface area contributed by atoms with E-state index in [2.05, 4.69) is 33.7 Å². The van der Waals surface area contributed by atoms with E-state index in [1.165, 1.54) is 18.5 Å². The fourth-order valence-corrected chi connectivity index (χ4v) is 3.09. The highest BCUT2D eigenvalue weighted by Crippen LogP contribution is 2.22. The Kier molecular flexibility index (Phi) is 6.00. The van der Waals surface area contributed by atoms with Crippen LogP contribution in [0.1, 0.15) is 24.0 Å². The van der Waals surface area contributed by atoms with Crippen molar-refractivity contribution < 1.29 is 9.53 Å². The molecule has 5 heteroatoms. The molecule has 0 atom stereocenters. The summed E-state index contributed by atoms with van der Waals surface area (Å²) in [5.74, 6) is 0.865. The van der Waals surface area contributed by atoms with Crippen LogP contribution in [0, 0.1) is 13.8 Å². The number of carbonyl (C=O) groups excluding carboxylic acids is 1. The molecule has 0 aromatic heterocycles. The van der Waals surface area contributed by atoms with E-state index in [0.717, 1.165) is 35.7 Å². The van der Waals surface area contributed by atoms with Crippen LogP contribution in [0.15, 0.2) is 42.5 Å². The molecular formula is C21H27N3O2. The summed E-state index contributed by atoms with van der Waals surface area (Å²) in [6, 6.07) is 13.9. The minimum absolute atomic E-state index is 0.219. The van der Waals surface area contributed by atoms with Crippen molar-refractivity contribution in [2.45, 2.75) is 26.7 Å². The van der Waals surface area contributed by atoms with E-state index in [1.54, 1.807) is 0 Å². The third-order valence-electron chi connectivity index (χ3n) is 4.59. The molecule has 3 rings (SSSR count). The van der Waals surface area contributed by atoms with Crippen molar-refractivity contribution >= 4 is 17.4 Å². The van der Waals surface area contributed by atoms with Gasteiger partial charge < -0.3 is 20.3 Å². The van der Waals surface area contributed by atoms with E-state index >= 15 is 0 Å². The second-order valence-electron chi connectivity index (χ2n) is 6.74. The van der Waals surface area contributed by atoms with E-state index in [0.29, 0.717) is 13.2 Å². The maximum atomic E-state index is 12.0. The van der Waals surface area contributed by atoms with E-state index in [9.17, 15) is 4.79 Å². The van der Waals surface area contributed by atoms with Gasteiger partial charge in [-0.1, -0.05) is 12.1 Å². The Hall–Kier alpha value is -2.69. The van der Waals surface area contributed by atoms with Crippen molar-refractivity contribution in [3.05, 3.63) is 53.6 Å². The number of nitrogens with one attached hydrogen (secondary N) is 2. The molecule has 1 heterocycles. The fourth-order valence-electron chi connectivity index (χ4n) is 3.09. The van der Waals surface area contributed by atoms with Gasteiger partial charge in [-0.3, -0.25) is 0 Å². The first-order valence-corrected chi connectivity index (χ1v) is 9.22. The van der Waals surface area contributed by atoms with Gasteiger partial charge in [-0.05, 0) is 68.1 Å². The van der Waals surface area contributed by atoms with Crippen molar-refractivity contribution in [1.29, 1.82) is 0 Å². The Morgan fingerprint density at radius 1 is 1.08 bits per heavy atom. The van der Waals surface area contributed by atoms with Crippen LogP contribution in [0.4, 0.5) is 16.2 Å². The van der Waals surface area contributed by atoms with Crippen LogP contribution >= 0.6 is 0 Å². The maximum absolute atomic E-state index is 12.0. The standard InChI is InChI=1S/C21H27N3O2/c1-16-5-6-17(2)20(15-16)26-14-11-22-21(25)23-18-7-9-19(10-8-18)24-12-3-4-13-24/h5-10,15H,3-4,11-14H2,1-2H3,(H2,22,23,25). The summed E-state index contributed by atoms with van der Waals surface area (Å²) in [6.07, 6.45) is 2.51. The number of amides is 2. The summed E-state index contributed by atoms with van der Waals surface area (Å²) in [5, 5.41) is 5.67. The molecule has 138 valence electrons. The third kappa shape index (κ3) is 4.91. The number of rotatable bonds is 6. The predicted octanol–water partition coefficient (Wildman–Crippen LogP) is 4.10. The summed E-state index contributed by atoms with van der Waals surface area (Å²) in [7, 11) is 0. The van der Waals surface area contributed by atoms with Gasteiger partial charge in [0, 0.05) is 24.5 Å². The molecule has 1 fully saturated rings. The molecule has 0 aliphatic carbocycles. The highest BCUT2D eigenvalue weighted by atomic mass is 16.5. The van der Waals surface area contributed by atoms with E-state index in [-0.39, 0.29) is 6.03 Å². The minimum Gasteiger partial charge on any atom is -0.491 e. The molecule has 2 N–H and O–H groups in total. The summed E-state index contributed by atoms with van der Waals surface area (Å²) in [5.41, 5.74) is 4.27. The quantitative estimate of drug-likeness (QED) is 0.769. The monoisotopic (exact) mass is 353 g/mol. The maximum Gasteiger partial charge on any atom is 0.319 e. The summed E-state index contributed by atoms with van der Waals surface area (Å²) >= 11 is 0. The zero-order chi connectivity index (χ0) is 18.4. The Labute approximate surface area is 155 Å². The first-order valence-electron chi connectivity index (χ1n) is 9.22. The molecule has 1 aliphatic heterocycles. The lowest BCUT2D eigenvalue weighted by molar-refractivity contribution is 0.247. The van der Waals surface area contributed by atoms with Crippen molar-refractivity contribution in [2.24, 2.45) is 0 Å². The lowest BCUT2D eigenvalue weighted by Crippen LogP contribution is -2.32. The zero-order valence-electron chi connectivity index (χ0n) is 15.5. The summed E-state index contributed by atoms with van der Waals surface area (Å²) < 4.78 is 5.74. The zero-order valence-corrected chi connectivity index (χ0v) is 15.5. The first-order chi connectivity index (χ1) is 12.6. The second-order valence-corrected chi connectivity index (χ2v) is 6.74. The van der Waals surface area contributed by atoms with Crippen molar-refractivity contribution in [1.82, 2.24) is 5.32 Å². The summed E-state index contributed by atoms with van der Waals surface area (Å²) in [6.45, 7) is 7.17. The molecule has 1 aliphatic rings. The number of urea groups is 1. The Morgan fingerprint density at radius 3 is 2.54 bits per heavy atom. The van der Waals surface area contributed by atoms with Gasteiger partial charge in [-0.15, -0.1) is 0 Å². The number of aryl methyl sites for hydroxylation is 2. The normalized spacial score (nSPS) is 13.5. The van der Waals surface area contributed by atoms with E-state index in [4.69, 9.17) is 4.74 Å². The predicted molar refractivity (Wildman–Crippen MR) is 106 cm³/mol. The third-order valence-corrected chi connectivity index (χ3v) is 4.59. The highest BCUT2D eigenvalue weighted by Gasteiger charge is 2.12. The number of ether oxygens (including phenoxy) is 1. The van der Waals surface area contributed by atoms with Crippen molar-refractivity contribution in [2.75, 3.05) is 36.5 Å². The fraction of sp³-hybridized carbons (Fsp3) is 0.381. The van der Waals surface area contributed by atoms with Gasteiger partial charge >= 0.3 is 6.03 Å². The van der Waals surface area contributed by atoms with Gasteiger partial charge in [-0.25, -0.2) is 4.79 Å². The van der Waals surface area contributed by atoms with Crippen molar-refractivity contribution in [3.8, 4) is 5.75 Å². The van der Waals surface area contributed by atoms with Gasteiger partial charge in [0.2, 0.25) is 0 Å². The van der Waals surface area contributed by atoms with Crippen LogP contribution in [-0.2, 0) is 0 Å². The lowest BCUT2D eigenvalue weighted by Gasteiger charge is -2.17. The molecule has 2 aromatic carbocycles. The van der Waals surface area contributed by atoms with Crippen LogP contribution in [0.3, 0.4) is 0 Å². The van der Waals surface area contributed by atoms with Crippen LogP contribution in [0.25, 0.3) is 0 Å². The van der Waals surface area contributed by atoms with E-state index < -0.39 is 0 Å². The Balaban J connectivity index is 1.40. The van der Waals surface area contributed by atoms with Gasteiger partial charge in [0.1, 0.15) is 12.4 Å². The highest BCUT2D eigenvalue weighted by molar-refractivity contribution is 5.89. The van der Waals surface area contributed by atoms with Crippen LogP contribution in [-0.4, -0.2) is 32.3 Å². The molecule has 0 spiro atoms. The summed E-state index contributed by atoms with van der Waals surface area (Å²) in [4.78, 5) is 14.4. The molecule has 0 unspecified atom stereocenters. The molecule has 5 nitrogen and oxygen atoms in total. The van der Waals surface area contributed by atoms with Gasteiger partial charge in [0.05, 0.1) is 6.54 Å².